The van der Waals surface area contributed by atoms with Crippen molar-refractivity contribution >= 4 is 0 Å². The summed E-state index contributed by atoms with van der Waals surface area (Å²) in [4.78, 5) is 0. The van der Waals surface area contributed by atoms with Crippen LogP contribution in [0.2, 0.25) is 0 Å². The van der Waals surface area contributed by atoms with E-state index in [1.165, 1.54) is 5.57 Å². The van der Waals surface area contributed by atoms with Crippen LogP contribution in [0.25, 0.3) is 0 Å². The van der Waals surface area contributed by atoms with Crippen LogP contribution in [-0.4, -0.2) is 10.7 Å². The van der Waals surface area contributed by atoms with Crippen LogP contribution < -0.4 is 0 Å². The van der Waals surface area contributed by atoms with Crippen molar-refractivity contribution in [1.82, 2.24) is 0 Å². The van der Waals surface area contributed by atoms with Gasteiger partial charge in [-0.3, -0.25) is 0 Å². The van der Waals surface area contributed by atoms with Gasteiger partial charge < -0.3 is 5.11 Å². The molecule has 0 bridgehead atoms. The van der Waals surface area contributed by atoms with E-state index in [1.54, 1.807) is 0 Å². The molecule has 0 saturated heterocycles. The summed E-state index contributed by atoms with van der Waals surface area (Å²) in [5.74, 6) is 1.11. The first kappa shape index (κ1) is 12.5. The molecule has 0 heterocycles. The van der Waals surface area contributed by atoms with E-state index in [-0.39, 0.29) is 0 Å². The van der Waals surface area contributed by atoms with Crippen molar-refractivity contribution < 1.29 is 5.11 Å². The average molecular weight is 208 g/mol. The fourth-order valence-electron chi connectivity index (χ4n) is 2.23. The Balaban J connectivity index is 2.37. The third-order valence-corrected chi connectivity index (χ3v) is 3.28. The number of rotatable bonds is 5. The van der Waals surface area contributed by atoms with Gasteiger partial charge >= 0.3 is 0 Å². The SMILES string of the molecule is C/C=C\C1C[C@@H]1[C@@](C)(O)CCC=C(C)C. The second-order valence-electron chi connectivity index (χ2n) is 5.21. The summed E-state index contributed by atoms with van der Waals surface area (Å²) in [5.41, 5.74) is 0.863. The molecule has 1 saturated carbocycles. The monoisotopic (exact) mass is 208 g/mol. The van der Waals surface area contributed by atoms with Gasteiger partial charge in [-0.1, -0.05) is 23.8 Å². The van der Waals surface area contributed by atoms with E-state index in [1.807, 2.05) is 13.8 Å². The predicted octanol–water partition coefficient (Wildman–Crippen LogP) is 3.70. The Hall–Kier alpha value is -0.560. The molecule has 1 rings (SSSR count). The highest BCUT2D eigenvalue weighted by atomic mass is 16.3. The van der Waals surface area contributed by atoms with E-state index < -0.39 is 5.60 Å². The zero-order valence-electron chi connectivity index (χ0n) is 10.5. The van der Waals surface area contributed by atoms with E-state index >= 15 is 0 Å². The second kappa shape index (κ2) is 4.98. The first-order chi connectivity index (χ1) is 6.97. The van der Waals surface area contributed by atoms with Gasteiger partial charge in [0.1, 0.15) is 0 Å². The molecule has 1 heteroatoms. The summed E-state index contributed by atoms with van der Waals surface area (Å²) in [5, 5.41) is 10.3. The van der Waals surface area contributed by atoms with Crippen LogP contribution in [0.15, 0.2) is 23.8 Å². The van der Waals surface area contributed by atoms with Gasteiger partial charge in [0, 0.05) is 0 Å². The average Bonchev–Trinajstić information content (AvgIpc) is 2.84. The molecule has 15 heavy (non-hydrogen) atoms. The van der Waals surface area contributed by atoms with Crippen molar-refractivity contribution in [3.8, 4) is 0 Å². The molecule has 0 amide bonds. The van der Waals surface area contributed by atoms with Crippen molar-refractivity contribution in [2.24, 2.45) is 11.8 Å². The molecule has 0 radical (unpaired) electrons. The Morgan fingerprint density at radius 2 is 2.13 bits per heavy atom. The van der Waals surface area contributed by atoms with Gasteiger partial charge in [0.25, 0.3) is 0 Å². The summed E-state index contributed by atoms with van der Waals surface area (Å²) in [6.45, 7) is 8.25. The normalized spacial score (nSPS) is 28.9. The topological polar surface area (TPSA) is 20.2 Å². The van der Waals surface area contributed by atoms with Crippen LogP contribution in [0, 0.1) is 11.8 Å². The van der Waals surface area contributed by atoms with E-state index in [4.69, 9.17) is 0 Å². The molecule has 0 aromatic rings. The van der Waals surface area contributed by atoms with Crippen molar-refractivity contribution in [3.63, 3.8) is 0 Å². The third-order valence-electron chi connectivity index (χ3n) is 3.28. The van der Waals surface area contributed by atoms with E-state index in [0.29, 0.717) is 11.8 Å². The van der Waals surface area contributed by atoms with Crippen molar-refractivity contribution in [2.45, 2.75) is 52.6 Å². The van der Waals surface area contributed by atoms with Gasteiger partial charge in [-0.15, -0.1) is 0 Å². The Labute approximate surface area is 93.9 Å². The summed E-state index contributed by atoms with van der Waals surface area (Å²) in [6, 6.07) is 0. The summed E-state index contributed by atoms with van der Waals surface area (Å²) >= 11 is 0. The molecule has 0 aromatic carbocycles. The van der Waals surface area contributed by atoms with Gasteiger partial charge in [-0.25, -0.2) is 0 Å². The van der Waals surface area contributed by atoms with Gasteiger partial charge in [-0.2, -0.15) is 0 Å². The van der Waals surface area contributed by atoms with Crippen molar-refractivity contribution in [2.75, 3.05) is 0 Å². The lowest BCUT2D eigenvalue weighted by Gasteiger charge is -2.22. The first-order valence-corrected chi connectivity index (χ1v) is 5.96. The molecule has 1 fully saturated rings. The fourth-order valence-corrected chi connectivity index (χ4v) is 2.23. The molecule has 1 unspecified atom stereocenters. The number of hydrogen-bond acceptors (Lipinski definition) is 1. The third kappa shape index (κ3) is 3.83. The summed E-state index contributed by atoms with van der Waals surface area (Å²) < 4.78 is 0. The number of allylic oxidation sites excluding steroid dienone is 4. The smallest absolute Gasteiger partial charge is 0.0656 e. The van der Waals surface area contributed by atoms with Gasteiger partial charge in [0.05, 0.1) is 5.60 Å². The highest BCUT2D eigenvalue weighted by molar-refractivity contribution is 5.08. The Morgan fingerprint density at radius 3 is 2.67 bits per heavy atom. The van der Waals surface area contributed by atoms with Crippen LogP contribution in [0.1, 0.15) is 47.0 Å². The van der Waals surface area contributed by atoms with Crippen LogP contribution in [-0.2, 0) is 0 Å². The minimum Gasteiger partial charge on any atom is -0.390 e. The minimum atomic E-state index is -0.476. The molecule has 1 nitrogen and oxygen atoms in total. The fraction of sp³-hybridized carbons (Fsp3) is 0.714. The molecule has 0 spiro atoms. The zero-order valence-corrected chi connectivity index (χ0v) is 10.5. The lowest BCUT2D eigenvalue weighted by Crippen LogP contribution is -2.27. The highest BCUT2D eigenvalue weighted by Crippen LogP contribution is 2.48. The molecule has 3 atom stereocenters. The van der Waals surface area contributed by atoms with Gasteiger partial charge in [0.15, 0.2) is 0 Å². The first-order valence-electron chi connectivity index (χ1n) is 5.96. The molecule has 1 N–H and O–H groups in total. The van der Waals surface area contributed by atoms with Gasteiger partial charge in [0.2, 0.25) is 0 Å². The quantitative estimate of drug-likeness (QED) is 0.683. The molecular formula is C14H24O. The maximum Gasteiger partial charge on any atom is 0.0656 e. The summed E-state index contributed by atoms with van der Waals surface area (Å²) in [7, 11) is 0. The lowest BCUT2D eigenvalue weighted by molar-refractivity contribution is 0.0257. The molecule has 1 aliphatic rings. The predicted molar refractivity (Wildman–Crippen MR) is 65.7 cm³/mol. The van der Waals surface area contributed by atoms with Crippen LogP contribution in [0.3, 0.4) is 0 Å². The van der Waals surface area contributed by atoms with Crippen molar-refractivity contribution in [1.29, 1.82) is 0 Å². The van der Waals surface area contributed by atoms with E-state index in [2.05, 4.69) is 32.1 Å². The number of aliphatic hydroxyl groups is 1. The summed E-state index contributed by atoms with van der Waals surface area (Å²) in [6.07, 6.45) is 9.57. The second-order valence-corrected chi connectivity index (χ2v) is 5.21. The van der Waals surface area contributed by atoms with Crippen LogP contribution in [0.5, 0.6) is 0 Å². The molecule has 0 aliphatic heterocycles. The Bertz CT molecular complexity index is 257. The Morgan fingerprint density at radius 1 is 1.47 bits per heavy atom. The highest BCUT2D eigenvalue weighted by Gasteiger charge is 2.47. The molecular weight excluding hydrogens is 184 g/mol. The minimum absolute atomic E-state index is 0.476. The zero-order chi connectivity index (χ0) is 11.5. The molecule has 86 valence electrons. The van der Waals surface area contributed by atoms with Gasteiger partial charge in [-0.05, 0) is 58.8 Å². The lowest BCUT2D eigenvalue weighted by atomic mass is 9.92. The van der Waals surface area contributed by atoms with Crippen LogP contribution >= 0.6 is 0 Å². The maximum atomic E-state index is 10.3. The van der Waals surface area contributed by atoms with E-state index in [9.17, 15) is 5.11 Å². The Kier molecular flexibility index (Phi) is 4.15. The van der Waals surface area contributed by atoms with Crippen LogP contribution in [0.4, 0.5) is 0 Å². The van der Waals surface area contributed by atoms with Crippen molar-refractivity contribution in [3.05, 3.63) is 23.8 Å². The van der Waals surface area contributed by atoms with E-state index in [0.717, 1.165) is 19.3 Å². The molecule has 0 aromatic heterocycles. The largest absolute Gasteiger partial charge is 0.390 e. The number of hydrogen-bond donors (Lipinski definition) is 1. The maximum absolute atomic E-state index is 10.3. The standard InChI is InChI=1S/C14H24O/c1-5-7-12-10-13(12)14(4,15)9-6-8-11(2)3/h5,7-8,12-13,15H,6,9-10H2,1-4H3/b7-5-/t12?,13-,14-/m0/s1. The molecule has 1 aliphatic carbocycles.